The van der Waals surface area contributed by atoms with Crippen molar-refractivity contribution in [3.05, 3.63) is 24.1 Å². The lowest BCUT2D eigenvalue weighted by atomic mass is 10.2. The molecular weight excluding hydrogens is 206 g/mol. The lowest BCUT2D eigenvalue weighted by molar-refractivity contribution is 0.111. The Kier molecular flexibility index (Phi) is 3.14. The third-order valence-corrected chi connectivity index (χ3v) is 2.35. The van der Waals surface area contributed by atoms with Gasteiger partial charge in [-0.25, -0.2) is 4.68 Å². The number of rotatable bonds is 5. The van der Waals surface area contributed by atoms with Gasteiger partial charge in [0.2, 0.25) is 0 Å². The Morgan fingerprint density at radius 2 is 2.44 bits per heavy atom. The van der Waals surface area contributed by atoms with E-state index in [9.17, 15) is 4.79 Å². The summed E-state index contributed by atoms with van der Waals surface area (Å²) in [7, 11) is 0. The highest BCUT2D eigenvalue weighted by Gasteiger charge is 2.16. The van der Waals surface area contributed by atoms with E-state index in [4.69, 9.17) is 4.42 Å². The Balaban J connectivity index is 2.39. The number of aryl methyl sites for hydroxylation is 1. The average Bonchev–Trinajstić information content (AvgIpc) is 2.94. The highest BCUT2D eigenvalue weighted by molar-refractivity contribution is 5.81. The van der Waals surface area contributed by atoms with Crippen LogP contribution in [0.2, 0.25) is 0 Å². The zero-order valence-electron chi connectivity index (χ0n) is 9.09. The number of nitrogens with zero attached hydrogens (tertiary/aromatic N) is 3. The van der Waals surface area contributed by atoms with Crippen molar-refractivity contribution < 1.29 is 9.21 Å². The quantitative estimate of drug-likeness (QED) is 0.723. The molecule has 5 nitrogen and oxygen atoms in total. The third-order valence-electron chi connectivity index (χ3n) is 2.35. The van der Waals surface area contributed by atoms with Crippen molar-refractivity contribution in [3.8, 4) is 11.5 Å². The number of carbonyl (C=O) groups excluding carboxylic acids is 1. The maximum atomic E-state index is 10.9. The minimum Gasteiger partial charge on any atom is -0.463 e. The molecule has 2 rings (SSSR count). The SMILES string of the molecule is CCCCn1nnc(C=O)c1-c1ccco1. The predicted octanol–water partition coefficient (Wildman–Crippen LogP) is 2.15. The molecule has 84 valence electrons. The average molecular weight is 219 g/mol. The van der Waals surface area contributed by atoms with Crippen molar-refractivity contribution in [3.63, 3.8) is 0 Å². The molecule has 0 atom stereocenters. The fourth-order valence-corrected chi connectivity index (χ4v) is 1.54. The standard InChI is InChI=1S/C11H13N3O2/c1-2-3-6-14-11(9(8-15)12-13-14)10-5-4-7-16-10/h4-5,7-8H,2-3,6H2,1H3. The molecule has 0 aliphatic heterocycles. The molecule has 0 fully saturated rings. The number of aromatic nitrogens is 3. The van der Waals surface area contributed by atoms with Crippen LogP contribution in [0.25, 0.3) is 11.5 Å². The summed E-state index contributed by atoms with van der Waals surface area (Å²) in [4.78, 5) is 10.9. The lowest BCUT2D eigenvalue weighted by Gasteiger charge is -2.02. The van der Waals surface area contributed by atoms with Crippen molar-refractivity contribution in [1.29, 1.82) is 0 Å². The second-order valence-electron chi connectivity index (χ2n) is 3.50. The van der Waals surface area contributed by atoms with Crippen molar-refractivity contribution in [2.45, 2.75) is 26.3 Å². The van der Waals surface area contributed by atoms with Crippen LogP contribution in [0.5, 0.6) is 0 Å². The van der Waals surface area contributed by atoms with E-state index in [1.165, 1.54) is 0 Å². The first-order valence-corrected chi connectivity index (χ1v) is 5.29. The van der Waals surface area contributed by atoms with Crippen LogP contribution in [-0.2, 0) is 6.54 Å². The molecule has 0 aliphatic carbocycles. The molecule has 2 aromatic rings. The largest absolute Gasteiger partial charge is 0.463 e. The van der Waals surface area contributed by atoms with E-state index in [2.05, 4.69) is 17.2 Å². The van der Waals surface area contributed by atoms with E-state index in [-0.39, 0.29) is 0 Å². The van der Waals surface area contributed by atoms with Gasteiger partial charge in [0.1, 0.15) is 5.69 Å². The smallest absolute Gasteiger partial charge is 0.172 e. The van der Waals surface area contributed by atoms with Crippen LogP contribution < -0.4 is 0 Å². The summed E-state index contributed by atoms with van der Waals surface area (Å²) in [6, 6.07) is 3.58. The first-order chi connectivity index (χ1) is 7.86. The maximum absolute atomic E-state index is 10.9. The van der Waals surface area contributed by atoms with Gasteiger partial charge in [0.15, 0.2) is 17.7 Å². The molecule has 0 saturated carbocycles. The van der Waals surface area contributed by atoms with Gasteiger partial charge in [-0.15, -0.1) is 5.10 Å². The van der Waals surface area contributed by atoms with Crippen LogP contribution in [0.4, 0.5) is 0 Å². The molecule has 0 aliphatic rings. The number of aldehydes is 1. The Morgan fingerprint density at radius 1 is 1.56 bits per heavy atom. The van der Waals surface area contributed by atoms with Crippen LogP contribution in [0.15, 0.2) is 22.8 Å². The molecule has 0 radical (unpaired) electrons. The fourth-order valence-electron chi connectivity index (χ4n) is 1.54. The zero-order valence-corrected chi connectivity index (χ0v) is 9.09. The summed E-state index contributed by atoms with van der Waals surface area (Å²) in [5.41, 5.74) is 0.986. The minimum absolute atomic E-state index is 0.325. The summed E-state index contributed by atoms with van der Waals surface area (Å²) in [5.74, 6) is 0.628. The number of hydrogen-bond donors (Lipinski definition) is 0. The van der Waals surface area contributed by atoms with Gasteiger partial charge in [-0.3, -0.25) is 4.79 Å². The number of furan rings is 1. The monoisotopic (exact) mass is 219 g/mol. The predicted molar refractivity (Wildman–Crippen MR) is 58.0 cm³/mol. The number of unbranched alkanes of at least 4 members (excludes halogenated alkanes) is 1. The van der Waals surface area contributed by atoms with Crippen LogP contribution >= 0.6 is 0 Å². The Labute approximate surface area is 93.1 Å². The second-order valence-corrected chi connectivity index (χ2v) is 3.50. The number of carbonyl (C=O) groups is 1. The highest BCUT2D eigenvalue weighted by Crippen LogP contribution is 2.21. The summed E-state index contributed by atoms with van der Waals surface area (Å²) in [6.45, 7) is 2.84. The molecule has 0 unspecified atom stereocenters. The van der Waals surface area contributed by atoms with E-state index in [1.807, 2.05) is 0 Å². The topological polar surface area (TPSA) is 60.9 Å². The van der Waals surface area contributed by atoms with E-state index in [1.54, 1.807) is 23.1 Å². The van der Waals surface area contributed by atoms with Crippen LogP contribution in [0, 0.1) is 0 Å². The van der Waals surface area contributed by atoms with Crippen molar-refractivity contribution in [2.24, 2.45) is 0 Å². The second kappa shape index (κ2) is 4.74. The van der Waals surface area contributed by atoms with Crippen LogP contribution in [0.3, 0.4) is 0 Å². The lowest BCUT2D eigenvalue weighted by Crippen LogP contribution is -2.02. The molecule has 16 heavy (non-hydrogen) atoms. The maximum Gasteiger partial charge on any atom is 0.172 e. The van der Waals surface area contributed by atoms with E-state index >= 15 is 0 Å². The number of hydrogen-bond acceptors (Lipinski definition) is 4. The van der Waals surface area contributed by atoms with E-state index in [0.29, 0.717) is 23.4 Å². The Morgan fingerprint density at radius 3 is 3.06 bits per heavy atom. The van der Waals surface area contributed by atoms with E-state index < -0.39 is 0 Å². The Hall–Kier alpha value is -1.91. The molecule has 0 aromatic carbocycles. The van der Waals surface area contributed by atoms with Gasteiger partial charge in [-0.2, -0.15) is 0 Å². The van der Waals surface area contributed by atoms with E-state index in [0.717, 1.165) is 19.4 Å². The minimum atomic E-state index is 0.325. The van der Waals surface area contributed by atoms with Gasteiger partial charge in [0, 0.05) is 6.54 Å². The van der Waals surface area contributed by atoms with Crippen molar-refractivity contribution in [2.75, 3.05) is 0 Å². The summed E-state index contributed by atoms with van der Waals surface area (Å²) < 4.78 is 7.00. The Bertz CT molecular complexity index is 460. The summed E-state index contributed by atoms with van der Waals surface area (Å²) in [6.07, 6.45) is 4.33. The molecule has 2 heterocycles. The van der Waals surface area contributed by atoms with Crippen LogP contribution in [-0.4, -0.2) is 21.3 Å². The first-order valence-electron chi connectivity index (χ1n) is 5.29. The molecular formula is C11H13N3O2. The zero-order chi connectivity index (χ0) is 11.4. The summed E-state index contributed by atoms with van der Waals surface area (Å²) >= 11 is 0. The summed E-state index contributed by atoms with van der Waals surface area (Å²) in [5, 5.41) is 7.78. The molecule has 2 aromatic heterocycles. The van der Waals surface area contributed by atoms with Gasteiger partial charge < -0.3 is 4.42 Å². The van der Waals surface area contributed by atoms with Gasteiger partial charge in [-0.1, -0.05) is 18.6 Å². The third kappa shape index (κ3) is 1.88. The normalized spacial score (nSPS) is 10.6. The van der Waals surface area contributed by atoms with Gasteiger partial charge >= 0.3 is 0 Å². The molecule has 5 heteroatoms. The van der Waals surface area contributed by atoms with Gasteiger partial charge in [0.25, 0.3) is 0 Å². The molecule has 0 bridgehead atoms. The fraction of sp³-hybridized carbons (Fsp3) is 0.364. The first kappa shape index (κ1) is 10.6. The molecule has 0 N–H and O–H groups in total. The van der Waals surface area contributed by atoms with Crippen LogP contribution in [0.1, 0.15) is 30.3 Å². The molecule has 0 spiro atoms. The van der Waals surface area contributed by atoms with Crippen molar-refractivity contribution in [1.82, 2.24) is 15.0 Å². The molecule has 0 amide bonds. The van der Waals surface area contributed by atoms with Crippen molar-refractivity contribution >= 4 is 6.29 Å². The van der Waals surface area contributed by atoms with Gasteiger partial charge in [0.05, 0.1) is 6.26 Å². The molecule has 0 saturated heterocycles. The van der Waals surface area contributed by atoms with Gasteiger partial charge in [-0.05, 0) is 18.6 Å². The highest BCUT2D eigenvalue weighted by atomic mass is 16.3.